The first kappa shape index (κ1) is 22.4. The quantitative estimate of drug-likeness (QED) is 0.516. The normalized spacial score (nSPS) is 24.4. The fraction of sp³-hybridized carbons (Fsp3) is 0.444. The highest BCUT2D eigenvalue weighted by atomic mass is 16.5. The maximum absolute atomic E-state index is 12.6. The molecule has 2 aromatic rings. The van der Waals surface area contributed by atoms with Gasteiger partial charge in [-0.25, -0.2) is 4.79 Å². The summed E-state index contributed by atoms with van der Waals surface area (Å²) < 4.78 is 5.68. The van der Waals surface area contributed by atoms with E-state index in [4.69, 9.17) is 9.84 Å². The number of ether oxygens (including phenoxy) is 1. The Morgan fingerprint density at radius 2 is 1.62 bits per heavy atom. The molecule has 2 aromatic carbocycles. The Morgan fingerprint density at radius 1 is 0.941 bits per heavy atom. The van der Waals surface area contributed by atoms with Crippen LogP contribution in [0.5, 0.6) is 0 Å². The molecule has 3 aliphatic carbocycles. The number of rotatable bonds is 8. The van der Waals surface area contributed by atoms with E-state index in [0.717, 1.165) is 19.3 Å². The van der Waals surface area contributed by atoms with Crippen LogP contribution in [0, 0.1) is 17.8 Å². The van der Waals surface area contributed by atoms with Crippen LogP contribution in [0.3, 0.4) is 0 Å². The van der Waals surface area contributed by atoms with Crippen molar-refractivity contribution >= 4 is 18.0 Å². The Bertz CT molecular complexity index is 1050. The van der Waals surface area contributed by atoms with Gasteiger partial charge in [-0.3, -0.25) is 9.59 Å². The lowest BCUT2D eigenvalue weighted by Crippen LogP contribution is -2.50. The highest BCUT2D eigenvalue weighted by Gasteiger charge is 2.50. The van der Waals surface area contributed by atoms with Crippen LogP contribution in [0.2, 0.25) is 0 Å². The minimum Gasteiger partial charge on any atom is -0.481 e. The summed E-state index contributed by atoms with van der Waals surface area (Å²) in [6.45, 7) is 0.681. The molecule has 2 saturated carbocycles. The number of carbonyl (C=O) groups is 3. The van der Waals surface area contributed by atoms with Crippen molar-refractivity contribution in [2.75, 3.05) is 13.2 Å². The van der Waals surface area contributed by atoms with E-state index in [9.17, 15) is 14.4 Å². The van der Waals surface area contributed by atoms with Crippen molar-refractivity contribution in [1.82, 2.24) is 10.6 Å². The lowest BCUT2D eigenvalue weighted by molar-refractivity contribution is -0.137. The van der Waals surface area contributed by atoms with Gasteiger partial charge in [-0.2, -0.15) is 0 Å². The molecule has 3 N–H and O–H groups in total. The molecule has 3 aliphatic rings. The predicted molar refractivity (Wildman–Crippen MR) is 126 cm³/mol. The summed E-state index contributed by atoms with van der Waals surface area (Å²) in [5, 5.41) is 14.6. The molecular formula is C27H30N2O5. The second-order valence-electron chi connectivity index (χ2n) is 9.69. The number of hydrogen-bond acceptors (Lipinski definition) is 4. The van der Waals surface area contributed by atoms with Crippen molar-refractivity contribution in [2.45, 2.75) is 44.1 Å². The first-order valence-electron chi connectivity index (χ1n) is 12.1. The molecule has 5 rings (SSSR count). The van der Waals surface area contributed by atoms with Crippen molar-refractivity contribution in [3.8, 4) is 11.1 Å². The van der Waals surface area contributed by atoms with Crippen LogP contribution >= 0.6 is 0 Å². The molecule has 2 amide bonds. The number of aliphatic carboxylic acids is 1. The summed E-state index contributed by atoms with van der Waals surface area (Å²) in [5.74, 6) is -0.124. The molecule has 34 heavy (non-hydrogen) atoms. The van der Waals surface area contributed by atoms with Crippen molar-refractivity contribution in [3.05, 3.63) is 59.7 Å². The monoisotopic (exact) mass is 462 g/mol. The summed E-state index contributed by atoms with van der Waals surface area (Å²) >= 11 is 0. The standard InChI is InChI=1S/C27H30N2O5/c30-25(31)10-5-11-28-26(32)17-12-16-14-24(22(16)13-17)29-27(33)34-15-23-20-8-3-1-6-18(20)19-7-2-4-9-21(19)23/h1-4,6-9,16-17,22-24H,5,10-15H2,(H,28,32)(H,29,33)(H,30,31)/t16-,17?,22-,24+/m0/s1. The first-order valence-corrected chi connectivity index (χ1v) is 12.1. The van der Waals surface area contributed by atoms with Gasteiger partial charge in [0, 0.05) is 30.8 Å². The molecule has 0 bridgehead atoms. The number of fused-ring (bicyclic) bond motifs is 4. The number of hydrogen-bond donors (Lipinski definition) is 3. The molecule has 178 valence electrons. The summed E-state index contributed by atoms with van der Waals surface area (Å²) in [4.78, 5) is 35.6. The van der Waals surface area contributed by atoms with E-state index >= 15 is 0 Å². The Labute approximate surface area is 198 Å². The summed E-state index contributed by atoms with van der Waals surface area (Å²) in [7, 11) is 0. The third-order valence-electron chi connectivity index (χ3n) is 7.71. The van der Waals surface area contributed by atoms with E-state index in [2.05, 4.69) is 34.9 Å². The zero-order chi connectivity index (χ0) is 23.7. The molecule has 0 heterocycles. The van der Waals surface area contributed by atoms with E-state index in [0.29, 0.717) is 31.4 Å². The van der Waals surface area contributed by atoms with E-state index in [1.165, 1.54) is 22.3 Å². The van der Waals surface area contributed by atoms with Crippen LogP contribution in [-0.2, 0) is 14.3 Å². The largest absolute Gasteiger partial charge is 0.481 e. The molecule has 0 spiro atoms. The molecule has 0 saturated heterocycles. The van der Waals surface area contributed by atoms with E-state index in [-0.39, 0.29) is 30.2 Å². The summed E-state index contributed by atoms with van der Waals surface area (Å²) in [5.41, 5.74) is 4.78. The average molecular weight is 463 g/mol. The number of alkyl carbamates (subject to hydrolysis) is 1. The molecule has 2 fully saturated rings. The molecule has 4 atom stereocenters. The molecule has 7 nitrogen and oxygen atoms in total. The lowest BCUT2D eigenvalue weighted by atomic mass is 9.71. The van der Waals surface area contributed by atoms with Gasteiger partial charge in [0.25, 0.3) is 0 Å². The number of nitrogens with one attached hydrogen (secondary N) is 2. The van der Waals surface area contributed by atoms with Gasteiger partial charge >= 0.3 is 12.1 Å². The summed E-state index contributed by atoms with van der Waals surface area (Å²) in [6.07, 6.45) is 2.56. The van der Waals surface area contributed by atoms with Gasteiger partial charge in [0.15, 0.2) is 0 Å². The minimum atomic E-state index is -0.852. The van der Waals surface area contributed by atoms with Crippen LogP contribution in [0.1, 0.15) is 49.1 Å². The van der Waals surface area contributed by atoms with E-state index < -0.39 is 12.1 Å². The average Bonchev–Trinajstić information content (AvgIpc) is 3.34. The van der Waals surface area contributed by atoms with Gasteiger partial charge in [0.05, 0.1) is 0 Å². The molecular weight excluding hydrogens is 432 g/mol. The van der Waals surface area contributed by atoms with E-state index in [1.54, 1.807) is 0 Å². The van der Waals surface area contributed by atoms with Crippen molar-refractivity contribution in [3.63, 3.8) is 0 Å². The fourth-order valence-electron chi connectivity index (χ4n) is 5.99. The number of carboxylic acids is 1. The lowest BCUT2D eigenvalue weighted by Gasteiger charge is -2.40. The number of carboxylic acid groups (broad SMARTS) is 1. The van der Waals surface area contributed by atoms with Gasteiger partial charge in [-0.1, -0.05) is 48.5 Å². The third-order valence-corrected chi connectivity index (χ3v) is 7.71. The van der Waals surface area contributed by atoms with Gasteiger partial charge in [0.1, 0.15) is 6.61 Å². The van der Waals surface area contributed by atoms with Gasteiger partial charge in [-0.05, 0) is 59.8 Å². The maximum Gasteiger partial charge on any atom is 0.407 e. The smallest absolute Gasteiger partial charge is 0.407 e. The number of carbonyl (C=O) groups excluding carboxylic acids is 2. The Balaban J connectivity index is 1.10. The topological polar surface area (TPSA) is 105 Å². The molecule has 0 aliphatic heterocycles. The van der Waals surface area contributed by atoms with Crippen LogP contribution in [0.4, 0.5) is 4.79 Å². The van der Waals surface area contributed by atoms with Crippen molar-refractivity contribution in [1.29, 1.82) is 0 Å². The molecule has 7 heteroatoms. The van der Waals surface area contributed by atoms with Crippen molar-refractivity contribution in [2.24, 2.45) is 17.8 Å². The second kappa shape index (κ2) is 9.49. The Kier molecular flexibility index (Phi) is 6.26. The first-order chi connectivity index (χ1) is 16.5. The number of amides is 2. The van der Waals surface area contributed by atoms with Gasteiger partial charge in [-0.15, -0.1) is 0 Å². The highest BCUT2D eigenvalue weighted by molar-refractivity contribution is 5.80. The zero-order valence-electron chi connectivity index (χ0n) is 19.0. The Morgan fingerprint density at radius 3 is 2.29 bits per heavy atom. The minimum absolute atomic E-state index is 0.000297. The van der Waals surface area contributed by atoms with Crippen LogP contribution in [0.25, 0.3) is 11.1 Å². The molecule has 0 radical (unpaired) electrons. The van der Waals surface area contributed by atoms with Crippen molar-refractivity contribution < 1.29 is 24.2 Å². The third kappa shape index (κ3) is 4.39. The van der Waals surface area contributed by atoms with Gasteiger partial charge in [0.2, 0.25) is 5.91 Å². The SMILES string of the molecule is O=C(O)CCCNC(=O)C1C[C@H]2C[C@@H](NC(=O)OCC3c4ccccc4-c4ccccc43)[C@H]2C1. The fourth-order valence-corrected chi connectivity index (χ4v) is 5.99. The highest BCUT2D eigenvalue weighted by Crippen LogP contribution is 2.50. The van der Waals surface area contributed by atoms with Crippen LogP contribution in [-0.4, -0.2) is 42.3 Å². The van der Waals surface area contributed by atoms with Crippen LogP contribution in [0.15, 0.2) is 48.5 Å². The summed E-state index contributed by atoms with van der Waals surface area (Å²) in [6, 6.07) is 16.6. The van der Waals surface area contributed by atoms with Crippen LogP contribution < -0.4 is 10.6 Å². The molecule has 0 aromatic heterocycles. The van der Waals surface area contributed by atoms with Gasteiger partial charge < -0.3 is 20.5 Å². The zero-order valence-corrected chi connectivity index (χ0v) is 19.0. The van der Waals surface area contributed by atoms with E-state index in [1.807, 2.05) is 24.3 Å². The number of benzene rings is 2. The maximum atomic E-state index is 12.6. The Hall–Kier alpha value is -3.35. The molecule has 1 unspecified atom stereocenters. The predicted octanol–water partition coefficient (Wildman–Crippen LogP) is 3.92. The second-order valence-corrected chi connectivity index (χ2v) is 9.69.